The molecule has 0 unspecified atom stereocenters. The highest BCUT2D eigenvalue weighted by Gasteiger charge is 2.12. The lowest BCUT2D eigenvalue weighted by molar-refractivity contribution is 0.410. The van der Waals surface area contributed by atoms with Gasteiger partial charge in [0.05, 0.1) is 7.11 Å². The van der Waals surface area contributed by atoms with Gasteiger partial charge in [0, 0.05) is 24.8 Å². The summed E-state index contributed by atoms with van der Waals surface area (Å²) in [7, 11) is 1.71. The Kier molecular flexibility index (Phi) is 6.48. The van der Waals surface area contributed by atoms with Gasteiger partial charge in [-0.1, -0.05) is 30.3 Å². The number of anilines is 3. The van der Waals surface area contributed by atoms with E-state index in [1.165, 1.54) is 11.1 Å². The normalized spacial score (nSPS) is 10.6. The van der Waals surface area contributed by atoms with Crippen molar-refractivity contribution < 1.29 is 4.74 Å². The summed E-state index contributed by atoms with van der Waals surface area (Å²) in [5, 5.41) is 3.43. The Labute approximate surface area is 167 Å². The highest BCUT2D eigenvalue weighted by Crippen LogP contribution is 2.26. The number of hydrogen-bond donors (Lipinski definition) is 1. The second kappa shape index (κ2) is 9.22. The molecule has 0 spiro atoms. The summed E-state index contributed by atoms with van der Waals surface area (Å²) in [6, 6.07) is 18.6. The predicted octanol–water partition coefficient (Wildman–Crippen LogP) is 4.91. The summed E-state index contributed by atoms with van der Waals surface area (Å²) in [5.74, 6) is 3.41. The number of hydrogen-bond acceptors (Lipinski definition) is 5. The van der Waals surface area contributed by atoms with Gasteiger partial charge in [0.25, 0.3) is 0 Å². The fraction of sp³-hybridized carbons (Fsp3) is 0.304. The summed E-state index contributed by atoms with van der Waals surface area (Å²) < 4.78 is 5.43. The molecule has 5 heteroatoms. The highest BCUT2D eigenvalue weighted by atomic mass is 16.5. The van der Waals surface area contributed by atoms with Crippen LogP contribution in [0, 0.1) is 13.8 Å². The van der Waals surface area contributed by atoms with Crippen molar-refractivity contribution in [1.29, 1.82) is 0 Å². The monoisotopic (exact) mass is 376 g/mol. The molecule has 0 radical (unpaired) electrons. The van der Waals surface area contributed by atoms with Gasteiger partial charge in [-0.05, 0) is 56.5 Å². The molecule has 0 aliphatic heterocycles. The van der Waals surface area contributed by atoms with Gasteiger partial charge in [0.1, 0.15) is 23.2 Å². The van der Waals surface area contributed by atoms with Crippen molar-refractivity contribution in [2.45, 2.75) is 27.2 Å². The van der Waals surface area contributed by atoms with Crippen LogP contribution < -0.4 is 15.0 Å². The first-order valence-electron chi connectivity index (χ1n) is 9.66. The topological polar surface area (TPSA) is 50.3 Å². The van der Waals surface area contributed by atoms with Gasteiger partial charge in [0.2, 0.25) is 0 Å². The van der Waals surface area contributed by atoms with Crippen LogP contribution in [-0.2, 0) is 6.42 Å². The van der Waals surface area contributed by atoms with Gasteiger partial charge in [-0.25, -0.2) is 9.97 Å². The lowest BCUT2D eigenvalue weighted by atomic mass is 10.1. The second-order valence-corrected chi connectivity index (χ2v) is 6.73. The Morgan fingerprint density at radius 1 is 1.00 bits per heavy atom. The van der Waals surface area contributed by atoms with Crippen LogP contribution in [-0.4, -0.2) is 30.2 Å². The largest absolute Gasteiger partial charge is 0.496 e. The van der Waals surface area contributed by atoms with E-state index in [0.717, 1.165) is 48.4 Å². The third-order valence-electron chi connectivity index (χ3n) is 4.62. The standard InChI is InChI=1S/C23H28N4O/c1-5-27(20-11-8-9-17(2)15-20)23-16-22(25-18(3)26-23)24-14-13-19-10-6-7-12-21(19)28-4/h6-12,15-16H,5,13-14H2,1-4H3,(H,24,25,26). The Hall–Kier alpha value is -3.08. The Morgan fingerprint density at radius 3 is 2.57 bits per heavy atom. The van der Waals surface area contributed by atoms with E-state index in [0.29, 0.717) is 0 Å². The molecule has 0 fully saturated rings. The van der Waals surface area contributed by atoms with Crippen LogP contribution >= 0.6 is 0 Å². The van der Waals surface area contributed by atoms with Crippen LogP contribution in [0.1, 0.15) is 23.9 Å². The van der Waals surface area contributed by atoms with E-state index >= 15 is 0 Å². The van der Waals surface area contributed by atoms with Gasteiger partial charge >= 0.3 is 0 Å². The fourth-order valence-corrected chi connectivity index (χ4v) is 3.29. The van der Waals surface area contributed by atoms with E-state index in [9.17, 15) is 0 Å². The zero-order chi connectivity index (χ0) is 19.9. The number of rotatable bonds is 8. The molecule has 28 heavy (non-hydrogen) atoms. The highest BCUT2D eigenvalue weighted by molar-refractivity contribution is 5.63. The average Bonchev–Trinajstić information content (AvgIpc) is 2.69. The second-order valence-electron chi connectivity index (χ2n) is 6.73. The van der Waals surface area contributed by atoms with E-state index in [4.69, 9.17) is 4.74 Å². The van der Waals surface area contributed by atoms with Crippen molar-refractivity contribution in [3.8, 4) is 5.75 Å². The molecule has 0 saturated heterocycles. The Bertz CT molecular complexity index is 926. The molecule has 5 nitrogen and oxygen atoms in total. The third kappa shape index (κ3) is 4.80. The maximum atomic E-state index is 5.43. The summed E-state index contributed by atoms with van der Waals surface area (Å²) in [5.41, 5.74) is 3.55. The van der Waals surface area contributed by atoms with Crippen molar-refractivity contribution in [3.63, 3.8) is 0 Å². The zero-order valence-corrected chi connectivity index (χ0v) is 17.1. The van der Waals surface area contributed by atoms with Crippen molar-refractivity contribution in [2.75, 3.05) is 30.4 Å². The molecular formula is C23H28N4O. The van der Waals surface area contributed by atoms with Gasteiger partial charge in [-0.15, -0.1) is 0 Å². The maximum absolute atomic E-state index is 5.43. The molecule has 0 aliphatic carbocycles. The van der Waals surface area contributed by atoms with Crippen LogP contribution in [0.2, 0.25) is 0 Å². The number of aryl methyl sites for hydroxylation is 2. The predicted molar refractivity (Wildman–Crippen MR) is 116 cm³/mol. The molecule has 1 heterocycles. The van der Waals surface area contributed by atoms with Crippen LogP contribution in [0.25, 0.3) is 0 Å². The number of ether oxygens (including phenoxy) is 1. The molecule has 146 valence electrons. The minimum absolute atomic E-state index is 0.753. The van der Waals surface area contributed by atoms with Crippen LogP contribution in [0.4, 0.5) is 17.3 Å². The van der Waals surface area contributed by atoms with E-state index in [1.54, 1.807) is 7.11 Å². The first kappa shape index (κ1) is 19.7. The molecule has 1 aromatic heterocycles. The van der Waals surface area contributed by atoms with E-state index in [-0.39, 0.29) is 0 Å². The van der Waals surface area contributed by atoms with Crippen molar-refractivity contribution in [3.05, 3.63) is 71.5 Å². The Balaban J connectivity index is 1.75. The first-order valence-corrected chi connectivity index (χ1v) is 9.66. The molecule has 0 aliphatic rings. The molecule has 2 aromatic carbocycles. The first-order chi connectivity index (χ1) is 13.6. The lowest BCUT2D eigenvalue weighted by Crippen LogP contribution is -2.19. The molecule has 3 aromatic rings. The molecule has 3 rings (SSSR count). The smallest absolute Gasteiger partial charge is 0.138 e. The summed E-state index contributed by atoms with van der Waals surface area (Å²) >= 11 is 0. The average molecular weight is 377 g/mol. The minimum Gasteiger partial charge on any atom is -0.496 e. The van der Waals surface area contributed by atoms with Crippen LogP contribution in [0.3, 0.4) is 0 Å². The fourth-order valence-electron chi connectivity index (χ4n) is 3.29. The van der Waals surface area contributed by atoms with Gasteiger partial charge in [-0.3, -0.25) is 0 Å². The van der Waals surface area contributed by atoms with Gasteiger partial charge in [0.15, 0.2) is 0 Å². The van der Waals surface area contributed by atoms with Crippen LogP contribution in [0.5, 0.6) is 5.75 Å². The van der Waals surface area contributed by atoms with Gasteiger partial charge < -0.3 is 15.0 Å². The zero-order valence-electron chi connectivity index (χ0n) is 17.1. The van der Waals surface area contributed by atoms with E-state index in [1.807, 2.05) is 31.2 Å². The number of methoxy groups -OCH3 is 1. The number of benzene rings is 2. The van der Waals surface area contributed by atoms with E-state index in [2.05, 4.69) is 64.4 Å². The van der Waals surface area contributed by atoms with Crippen molar-refractivity contribution in [1.82, 2.24) is 9.97 Å². The quantitative estimate of drug-likeness (QED) is 0.605. The number of aromatic nitrogens is 2. The number of para-hydroxylation sites is 1. The van der Waals surface area contributed by atoms with Gasteiger partial charge in [-0.2, -0.15) is 0 Å². The minimum atomic E-state index is 0.753. The third-order valence-corrected chi connectivity index (χ3v) is 4.62. The Morgan fingerprint density at radius 2 is 1.82 bits per heavy atom. The lowest BCUT2D eigenvalue weighted by Gasteiger charge is -2.23. The summed E-state index contributed by atoms with van der Waals surface area (Å²) in [4.78, 5) is 11.4. The molecule has 0 atom stereocenters. The molecule has 0 bridgehead atoms. The van der Waals surface area contributed by atoms with Crippen LogP contribution in [0.15, 0.2) is 54.6 Å². The number of nitrogens with zero attached hydrogens (tertiary/aromatic N) is 3. The maximum Gasteiger partial charge on any atom is 0.138 e. The van der Waals surface area contributed by atoms with Crippen molar-refractivity contribution in [2.24, 2.45) is 0 Å². The molecular weight excluding hydrogens is 348 g/mol. The summed E-state index contributed by atoms with van der Waals surface area (Å²) in [6.07, 6.45) is 0.859. The van der Waals surface area contributed by atoms with Crippen molar-refractivity contribution >= 4 is 17.3 Å². The number of nitrogens with one attached hydrogen (secondary N) is 1. The molecule has 1 N–H and O–H groups in total. The van der Waals surface area contributed by atoms with E-state index < -0.39 is 0 Å². The molecule has 0 saturated carbocycles. The molecule has 0 amide bonds. The summed E-state index contributed by atoms with van der Waals surface area (Å²) in [6.45, 7) is 7.77. The SMILES string of the molecule is CCN(c1cccc(C)c1)c1cc(NCCc2ccccc2OC)nc(C)n1.